The van der Waals surface area contributed by atoms with Gasteiger partial charge in [-0.15, -0.1) is 0 Å². The first-order valence-electron chi connectivity index (χ1n) is 10.2. The lowest BCUT2D eigenvalue weighted by atomic mass is 9.45. The third-order valence-electron chi connectivity index (χ3n) is 8.86. The van der Waals surface area contributed by atoms with E-state index in [4.69, 9.17) is 4.74 Å². The average Bonchev–Trinajstić information content (AvgIpc) is 2.84. The molecule has 0 aromatic carbocycles. The molecule has 0 aliphatic heterocycles. The summed E-state index contributed by atoms with van der Waals surface area (Å²) in [6.07, 6.45) is 7.26. The van der Waals surface area contributed by atoms with Crippen LogP contribution in [0, 0.1) is 34.5 Å². The molecule has 0 amide bonds. The fourth-order valence-corrected chi connectivity index (χ4v) is 7.52. The molecule has 0 aromatic rings. The molecule has 0 radical (unpaired) electrons. The van der Waals surface area contributed by atoms with E-state index in [-0.39, 0.29) is 41.7 Å². The summed E-state index contributed by atoms with van der Waals surface area (Å²) in [4.78, 5) is 11.5. The highest BCUT2D eigenvalue weighted by Gasteiger charge is 2.62. The number of alkyl halides is 2. The van der Waals surface area contributed by atoms with Crippen molar-refractivity contribution in [1.29, 1.82) is 0 Å². The molecule has 2 nitrogen and oxygen atoms in total. The van der Waals surface area contributed by atoms with Crippen molar-refractivity contribution in [3.8, 4) is 0 Å². The second-order valence-corrected chi connectivity index (χ2v) is 9.94. The molecule has 0 spiro atoms. The fourth-order valence-electron chi connectivity index (χ4n) is 7.52. The van der Waals surface area contributed by atoms with Crippen molar-refractivity contribution in [2.24, 2.45) is 34.5 Å². The van der Waals surface area contributed by atoms with Crippen LogP contribution in [-0.4, -0.2) is 18.0 Å². The molecule has 0 heterocycles. The highest BCUT2D eigenvalue weighted by molar-refractivity contribution is 5.66. The maximum Gasteiger partial charge on any atom is 0.302 e. The summed E-state index contributed by atoms with van der Waals surface area (Å²) in [5, 5.41) is 0. The summed E-state index contributed by atoms with van der Waals surface area (Å²) in [7, 11) is 0. The third kappa shape index (κ3) is 2.65. The van der Waals surface area contributed by atoms with Gasteiger partial charge in [0.15, 0.2) is 0 Å². The minimum Gasteiger partial charge on any atom is -0.462 e. The second kappa shape index (κ2) is 5.66. The van der Waals surface area contributed by atoms with Gasteiger partial charge in [0.25, 0.3) is 0 Å². The number of carbonyl (C=O) groups excluding carboxylic acids is 1. The van der Waals surface area contributed by atoms with Crippen molar-refractivity contribution in [3.05, 3.63) is 0 Å². The summed E-state index contributed by atoms with van der Waals surface area (Å²) in [5.41, 5.74) is 0.181. The number of ether oxygens (including phenoxy) is 1. The monoisotopic (exact) mass is 354 g/mol. The molecule has 0 bridgehead atoms. The largest absolute Gasteiger partial charge is 0.462 e. The second-order valence-electron chi connectivity index (χ2n) is 9.94. The van der Waals surface area contributed by atoms with Crippen molar-refractivity contribution in [2.45, 2.75) is 90.6 Å². The number of fused-ring (bicyclic) bond motifs is 5. The Balaban J connectivity index is 1.57. The smallest absolute Gasteiger partial charge is 0.302 e. The van der Waals surface area contributed by atoms with Crippen LogP contribution in [0.15, 0.2) is 0 Å². The van der Waals surface area contributed by atoms with Crippen LogP contribution in [0.1, 0.15) is 78.6 Å². The fraction of sp³-hybridized carbons (Fsp3) is 0.952. The van der Waals surface area contributed by atoms with Crippen LogP contribution in [0.25, 0.3) is 0 Å². The lowest BCUT2D eigenvalue weighted by Gasteiger charge is -2.60. The quantitative estimate of drug-likeness (QED) is 0.573. The maximum atomic E-state index is 14.0. The van der Waals surface area contributed by atoms with E-state index in [0.29, 0.717) is 24.2 Å². The maximum absolute atomic E-state index is 14.0. The number of carbonyl (C=O) groups is 1. The number of hydrogen-bond acceptors (Lipinski definition) is 2. The first-order chi connectivity index (χ1) is 11.7. The van der Waals surface area contributed by atoms with Crippen LogP contribution < -0.4 is 0 Å². The predicted octanol–water partition coefficient (Wildman–Crippen LogP) is 5.60. The summed E-state index contributed by atoms with van der Waals surface area (Å²) in [6, 6.07) is 0. The first-order valence-corrected chi connectivity index (χ1v) is 10.2. The van der Waals surface area contributed by atoms with E-state index in [0.717, 1.165) is 38.5 Å². The molecule has 4 rings (SSSR count). The van der Waals surface area contributed by atoms with E-state index in [1.807, 2.05) is 0 Å². The molecule has 0 N–H and O–H groups in total. The Bertz CT molecular complexity index is 562. The van der Waals surface area contributed by atoms with Crippen LogP contribution >= 0.6 is 0 Å². The van der Waals surface area contributed by atoms with Gasteiger partial charge in [0.2, 0.25) is 5.92 Å². The molecule has 0 unspecified atom stereocenters. The van der Waals surface area contributed by atoms with Gasteiger partial charge in [0.1, 0.15) is 6.10 Å². The molecule has 4 heteroatoms. The lowest BCUT2D eigenvalue weighted by Crippen LogP contribution is -2.55. The summed E-state index contributed by atoms with van der Waals surface area (Å²) < 4.78 is 33.6. The Morgan fingerprint density at radius 2 is 1.64 bits per heavy atom. The normalized spacial score (nSPS) is 51.2. The predicted molar refractivity (Wildman–Crippen MR) is 92.2 cm³/mol. The minimum atomic E-state index is -2.45. The minimum absolute atomic E-state index is 0.0529. The van der Waals surface area contributed by atoms with Gasteiger partial charge < -0.3 is 4.74 Å². The van der Waals surface area contributed by atoms with Gasteiger partial charge in [-0.3, -0.25) is 4.79 Å². The van der Waals surface area contributed by atoms with Crippen molar-refractivity contribution < 1.29 is 18.3 Å². The molecular weight excluding hydrogens is 322 g/mol. The first kappa shape index (κ1) is 17.7. The van der Waals surface area contributed by atoms with E-state index in [9.17, 15) is 13.6 Å². The highest BCUT2D eigenvalue weighted by Crippen LogP contribution is 2.67. The summed E-state index contributed by atoms with van der Waals surface area (Å²) >= 11 is 0. The van der Waals surface area contributed by atoms with Gasteiger partial charge in [0.05, 0.1) is 0 Å². The molecule has 25 heavy (non-hydrogen) atoms. The van der Waals surface area contributed by atoms with Gasteiger partial charge >= 0.3 is 5.97 Å². The van der Waals surface area contributed by atoms with Crippen molar-refractivity contribution in [2.75, 3.05) is 0 Å². The van der Waals surface area contributed by atoms with Gasteiger partial charge in [0, 0.05) is 25.2 Å². The topological polar surface area (TPSA) is 26.3 Å². The molecule has 0 saturated heterocycles. The Labute approximate surface area is 150 Å². The number of halogens is 2. The van der Waals surface area contributed by atoms with Crippen LogP contribution in [0.5, 0.6) is 0 Å². The molecule has 4 fully saturated rings. The number of rotatable bonds is 1. The van der Waals surface area contributed by atoms with E-state index in [2.05, 4.69) is 13.8 Å². The number of esters is 1. The van der Waals surface area contributed by atoms with Crippen LogP contribution in [0.3, 0.4) is 0 Å². The SMILES string of the molecule is CC(=O)O[C@H]1CC[C@H]2[C@@H]3CC[C@H]4CC(F)(F)CC[C@]4(C)[C@H]3CC[C@]12C. The van der Waals surface area contributed by atoms with Gasteiger partial charge in [-0.25, -0.2) is 8.78 Å². The van der Waals surface area contributed by atoms with Crippen LogP contribution in [0.4, 0.5) is 8.78 Å². The van der Waals surface area contributed by atoms with Crippen molar-refractivity contribution in [1.82, 2.24) is 0 Å². The van der Waals surface area contributed by atoms with Gasteiger partial charge in [-0.2, -0.15) is 0 Å². The Kier molecular flexibility index (Phi) is 4.01. The summed E-state index contributed by atoms with van der Waals surface area (Å²) in [6.45, 7) is 6.14. The summed E-state index contributed by atoms with van der Waals surface area (Å²) in [5.74, 6) is -0.625. The molecule has 7 atom stereocenters. The van der Waals surface area contributed by atoms with Crippen molar-refractivity contribution >= 4 is 5.97 Å². The third-order valence-corrected chi connectivity index (χ3v) is 8.86. The molecular formula is C21H32F2O2. The molecule has 4 saturated carbocycles. The molecule has 4 aliphatic carbocycles. The van der Waals surface area contributed by atoms with Gasteiger partial charge in [-0.1, -0.05) is 13.8 Å². The zero-order valence-electron chi connectivity index (χ0n) is 15.8. The zero-order chi connectivity index (χ0) is 18.0. The Morgan fingerprint density at radius 3 is 2.36 bits per heavy atom. The van der Waals surface area contributed by atoms with Crippen LogP contribution in [-0.2, 0) is 9.53 Å². The van der Waals surface area contributed by atoms with Crippen LogP contribution in [0.2, 0.25) is 0 Å². The Morgan fingerprint density at radius 1 is 0.920 bits per heavy atom. The van der Waals surface area contributed by atoms with Gasteiger partial charge in [-0.05, 0) is 74.0 Å². The van der Waals surface area contributed by atoms with E-state index in [1.54, 1.807) is 0 Å². The molecule has 142 valence electrons. The zero-order valence-corrected chi connectivity index (χ0v) is 15.8. The average molecular weight is 354 g/mol. The van der Waals surface area contributed by atoms with E-state index in [1.165, 1.54) is 6.92 Å². The molecule has 0 aromatic heterocycles. The lowest BCUT2D eigenvalue weighted by molar-refractivity contribution is -0.174. The van der Waals surface area contributed by atoms with Crippen molar-refractivity contribution in [3.63, 3.8) is 0 Å². The molecule has 4 aliphatic rings. The van der Waals surface area contributed by atoms with E-state index < -0.39 is 5.92 Å². The standard InChI is InChI=1S/C21H32F2O2/c1-13(24)25-18-7-6-16-15-5-4-14-12-21(22,23)11-10-19(14,2)17(15)8-9-20(16,18)3/h14-18H,4-12H2,1-3H3/t14-,15-,16-,17-,18-,19-,20-/m0/s1. The number of hydrogen-bond donors (Lipinski definition) is 0. The Hall–Kier alpha value is -0.670. The van der Waals surface area contributed by atoms with E-state index >= 15 is 0 Å². The highest BCUT2D eigenvalue weighted by atomic mass is 19.3.